The van der Waals surface area contributed by atoms with Crippen LogP contribution in [-0.2, 0) is 4.79 Å². The van der Waals surface area contributed by atoms with Crippen molar-refractivity contribution in [1.29, 1.82) is 0 Å². The van der Waals surface area contributed by atoms with E-state index < -0.39 is 29.3 Å². The first-order valence-corrected chi connectivity index (χ1v) is 10.9. The van der Waals surface area contributed by atoms with Crippen molar-refractivity contribution >= 4 is 44.4 Å². The first-order chi connectivity index (χ1) is 15.9. The number of carbonyl (C=O) groups is 2. The van der Waals surface area contributed by atoms with Gasteiger partial charge in [-0.25, -0.2) is 9.18 Å². The molecule has 6 nitrogen and oxygen atoms in total. The second-order valence-corrected chi connectivity index (χ2v) is 8.57. The van der Waals surface area contributed by atoms with Crippen LogP contribution in [0.2, 0.25) is 0 Å². The predicted molar refractivity (Wildman–Crippen MR) is 125 cm³/mol. The minimum Gasteiger partial charge on any atom is -0.422 e. The molecule has 0 fully saturated rings. The van der Waals surface area contributed by atoms with Crippen LogP contribution >= 0.6 is 15.9 Å². The Hall–Kier alpha value is -3.78. The average molecular weight is 507 g/mol. The number of amides is 2. The molecule has 3 aromatic carbocycles. The van der Waals surface area contributed by atoms with E-state index in [-0.39, 0.29) is 12.1 Å². The molecule has 0 unspecified atom stereocenters. The van der Waals surface area contributed by atoms with Gasteiger partial charge in [-0.1, -0.05) is 46.3 Å². The highest BCUT2D eigenvalue weighted by molar-refractivity contribution is 9.10. The van der Waals surface area contributed by atoms with E-state index in [1.165, 1.54) is 23.1 Å². The lowest BCUT2D eigenvalue weighted by Crippen LogP contribution is -2.40. The van der Waals surface area contributed by atoms with Crippen LogP contribution in [0, 0.1) is 5.82 Å². The van der Waals surface area contributed by atoms with Gasteiger partial charge in [0.15, 0.2) is 0 Å². The molecule has 164 valence electrons. The van der Waals surface area contributed by atoms with Gasteiger partial charge >= 0.3 is 5.63 Å². The zero-order chi connectivity index (χ0) is 23.1. The van der Waals surface area contributed by atoms with Crippen LogP contribution in [0.5, 0.6) is 0 Å². The Balaban J connectivity index is 1.70. The average Bonchev–Trinajstić information content (AvgIpc) is 2.94. The minimum absolute atomic E-state index is 0.188. The molecule has 1 aliphatic heterocycles. The molecule has 1 aliphatic rings. The van der Waals surface area contributed by atoms with Crippen molar-refractivity contribution in [3.63, 3.8) is 0 Å². The summed E-state index contributed by atoms with van der Waals surface area (Å²) in [5, 5.41) is 3.40. The zero-order valence-corrected chi connectivity index (χ0v) is 18.6. The predicted octanol–water partition coefficient (Wildman–Crippen LogP) is 4.88. The van der Waals surface area contributed by atoms with Gasteiger partial charge in [0.2, 0.25) is 5.91 Å². The van der Waals surface area contributed by atoms with Gasteiger partial charge in [-0.3, -0.25) is 9.59 Å². The quantitative estimate of drug-likeness (QED) is 0.393. The summed E-state index contributed by atoms with van der Waals surface area (Å²) < 4.78 is 19.8. The summed E-state index contributed by atoms with van der Waals surface area (Å²) in [6.07, 6.45) is 0. The largest absolute Gasteiger partial charge is 0.422 e. The molecule has 5 rings (SSSR count). The third-order valence-electron chi connectivity index (χ3n) is 5.53. The lowest BCUT2D eigenvalue weighted by molar-refractivity contribution is -0.117. The van der Waals surface area contributed by atoms with Gasteiger partial charge in [-0.15, -0.1) is 0 Å². The molecule has 1 aromatic heterocycles. The van der Waals surface area contributed by atoms with Crippen molar-refractivity contribution < 1.29 is 18.4 Å². The van der Waals surface area contributed by atoms with Crippen LogP contribution in [0.15, 0.2) is 86.5 Å². The molecular weight excluding hydrogens is 491 g/mol. The minimum atomic E-state index is -0.796. The maximum absolute atomic E-state index is 13.7. The SMILES string of the molecule is O=C1CN(C(=O)c2cc3ccccc3oc2=O)[C@H](c2ccc(F)cc2)c2cc(Br)ccc2N1. The van der Waals surface area contributed by atoms with Crippen molar-refractivity contribution in [2.75, 3.05) is 11.9 Å². The molecule has 0 saturated carbocycles. The summed E-state index contributed by atoms with van der Waals surface area (Å²) in [5.41, 5.74) is 1.12. The van der Waals surface area contributed by atoms with E-state index in [2.05, 4.69) is 21.2 Å². The number of hydrogen-bond donors (Lipinski definition) is 1. The van der Waals surface area contributed by atoms with Gasteiger partial charge in [0.05, 0.1) is 6.04 Å². The van der Waals surface area contributed by atoms with Crippen LogP contribution in [0.25, 0.3) is 11.0 Å². The monoisotopic (exact) mass is 506 g/mol. The van der Waals surface area contributed by atoms with E-state index in [0.717, 1.165) is 4.47 Å². The number of benzene rings is 3. The molecule has 2 amide bonds. The first kappa shape index (κ1) is 21.1. The highest BCUT2D eigenvalue weighted by atomic mass is 79.9. The molecule has 0 radical (unpaired) electrons. The highest BCUT2D eigenvalue weighted by Crippen LogP contribution is 2.38. The van der Waals surface area contributed by atoms with Crippen molar-refractivity contribution in [2.24, 2.45) is 0 Å². The number of anilines is 1. The van der Waals surface area contributed by atoms with Gasteiger partial charge in [0.1, 0.15) is 23.5 Å². The van der Waals surface area contributed by atoms with Crippen LogP contribution < -0.4 is 10.9 Å². The molecule has 4 aromatic rings. The Morgan fingerprint density at radius 1 is 1.03 bits per heavy atom. The van der Waals surface area contributed by atoms with Crippen LogP contribution in [-0.4, -0.2) is 23.3 Å². The van der Waals surface area contributed by atoms with Crippen molar-refractivity contribution in [1.82, 2.24) is 4.90 Å². The molecule has 0 saturated heterocycles. The number of carbonyl (C=O) groups excluding carboxylic acids is 2. The highest BCUT2D eigenvalue weighted by Gasteiger charge is 2.35. The fourth-order valence-corrected chi connectivity index (χ4v) is 4.42. The van der Waals surface area contributed by atoms with E-state index in [9.17, 15) is 18.8 Å². The lowest BCUT2D eigenvalue weighted by atomic mass is 9.95. The van der Waals surface area contributed by atoms with Crippen LogP contribution in [0.1, 0.15) is 27.5 Å². The third kappa shape index (κ3) is 3.93. The van der Waals surface area contributed by atoms with Crippen molar-refractivity contribution in [3.05, 3.63) is 110 Å². The number of fused-ring (bicyclic) bond motifs is 2. The van der Waals surface area contributed by atoms with E-state index in [1.807, 2.05) is 0 Å². The molecular formula is C25H16BrFN2O4. The van der Waals surface area contributed by atoms with E-state index in [0.29, 0.717) is 27.8 Å². The summed E-state index contributed by atoms with van der Waals surface area (Å²) in [5.74, 6) is -1.50. The summed E-state index contributed by atoms with van der Waals surface area (Å²) in [6.45, 7) is -0.306. The number of nitrogens with zero attached hydrogens (tertiary/aromatic N) is 1. The van der Waals surface area contributed by atoms with Gasteiger partial charge in [-0.2, -0.15) is 0 Å². The van der Waals surface area contributed by atoms with E-state index in [4.69, 9.17) is 4.42 Å². The number of para-hydroxylation sites is 1. The number of halogens is 2. The fraction of sp³-hybridized carbons (Fsp3) is 0.0800. The molecule has 2 heterocycles. The zero-order valence-electron chi connectivity index (χ0n) is 17.0. The topological polar surface area (TPSA) is 79.6 Å². The molecule has 0 spiro atoms. The second kappa shape index (κ2) is 8.29. The maximum Gasteiger partial charge on any atom is 0.349 e. The fourth-order valence-electron chi connectivity index (χ4n) is 4.04. The Morgan fingerprint density at radius 2 is 1.79 bits per heavy atom. The molecule has 1 N–H and O–H groups in total. The van der Waals surface area contributed by atoms with E-state index in [1.54, 1.807) is 54.6 Å². The first-order valence-electron chi connectivity index (χ1n) is 10.1. The number of hydrogen-bond acceptors (Lipinski definition) is 4. The number of rotatable bonds is 2. The van der Waals surface area contributed by atoms with Crippen LogP contribution in [0.4, 0.5) is 10.1 Å². The summed E-state index contributed by atoms with van der Waals surface area (Å²) in [4.78, 5) is 40.4. The van der Waals surface area contributed by atoms with Gasteiger partial charge < -0.3 is 14.6 Å². The van der Waals surface area contributed by atoms with Gasteiger partial charge in [0, 0.05) is 21.1 Å². The normalized spacial score (nSPS) is 15.6. The smallest absolute Gasteiger partial charge is 0.349 e. The summed E-state index contributed by atoms with van der Waals surface area (Å²) in [7, 11) is 0. The molecule has 0 aliphatic carbocycles. The van der Waals surface area contributed by atoms with Crippen LogP contribution in [0.3, 0.4) is 0 Å². The number of nitrogens with one attached hydrogen (secondary N) is 1. The lowest BCUT2D eigenvalue weighted by Gasteiger charge is -2.30. The summed E-state index contributed by atoms with van der Waals surface area (Å²) in [6, 6.07) is 18.6. The second-order valence-electron chi connectivity index (χ2n) is 7.65. The Kier molecular flexibility index (Phi) is 5.30. The standard InChI is InChI=1S/C25H16BrFN2O4/c26-16-7-10-20-18(12-16)23(14-5-8-17(27)9-6-14)29(13-22(30)28-20)24(31)19-11-15-3-1-2-4-21(15)33-25(19)32/h1-12,23H,13H2,(H,28,30)/t23-/m1/s1. The third-order valence-corrected chi connectivity index (χ3v) is 6.02. The Morgan fingerprint density at radius 3 is 2.58 bits per heavy atom. The van der Waals surface area contributed by atoms with Crippen molar-refractivity contribution in [3.8, 4) is 0 Å². The molecule has 1 atom stereocenters. The van der Waals surface area contributed by atoms with Gasteiger partial charge in [0.25, 0.3) is 5.91 Å². The van der Waals surface area contributed by atoms with E-state index >= 15 is 0 Å². The Labute approximate surface area is 195 Å². The van der Waals surface area contributed by atoms with Crippen molar-refractivity contribution in [2.45, 2.75) is 6.04 Å². The Bertz CT molecular complexity index is 1470. The molecule has 8 heteroatoms. The molecule has 33 heavy (non-hydrogen) atoms. The molecule has 0 bridgehead atoms. The van der Waals surface area contributed by atoms with Gasteiger partial charge in [-0.05, 0) is 48.0 Å². The maximum atomic E-state index is 13.7. The summed E-state index contributed by atoms with van der Waals surface area (Å²) >= 11 is 3.44.